The van der Waals surface area contributed by atoms with Crippen molar-refractivity contribution in [3.05, 3.63) is 194 Å². The van der Waals surface area contributed by atoms with E-state index in [-0.39, 0.29) is 0 Å². The molecule has 8 aromatic carbocycles. The minimum absolute atomic E-state index is 0.884. The second-order valence-electron chi connectivity index (χ2n) is 17.4. The summed E-state index contributed by atoms with van der Waals surface area (Å²) in [6, 6.07) is 47.9. The van der Waals surface area contributed by atoms with E-state index in [4.69, 9.17) is 0 Å². The van der Waals surface area contributed by atoms with Gasteiger partial charge in [0.25, 0.3) is 0 Å². The van der Waals surface area contributed by atoms with Gasteiger partial charge in [-0.1, -0.05) is 121 Å². The Morgan fingerprint density at radius 2 is 0.864 bits per heavy atom. The van der Waals surface area contributed by atoms with Gasteiger partial charge < -0.3 is 9.88 Å². The van der Waals surface area contributed by atoms with Crippen molar-refractivity contribution in [2.24, 2.45) is 0 Å². The van der Waals surface area contributed by atoms with E-state index in [1.807, 2.05) is 0 Å². The number of hydrogen-bond donors (Lipinski definition) is 1. The standard InChI is InChI=1S/C57H46N2/c1-31-26-46-40-19-10-7-16-37(40)28-48(46)55(33(31)3)59(56-34(4)32(2)27-47-41-20-11-8-17-38(41)29-49(47)56)57-36(6)35(5)52(53-42-21-12-9-18-39(42)30-50(53)57)45-24-15-23-44-43-22-13-14-25-51(43)58-54(44)45/h7-27,58H,28-30H2,1-6H3. The first kappa shape index (κ1) is 34.4. The summed E-state index contributed by atoms with van der Waals surface area (Å²) in [5.74, 6) is 0. The number of nitrogens with zero attached hydrogens (tertiary/aromatic N) is 1. The molecule has 2 nitrogen and oxygen atoms in total. The summed E-state index contributed by atoms with van der Waals surface area (Å²) in [4.78, 5) is 6.69. The van der Waals surface area contributed by atoms with Crippen molar-refractivity contribution >= 4 is 38.9 Å². The van der Waals surface area contributed by atoms with Crippen molar-refractivity contribution in [1.82, 2.24) is 4.98 Å². The number of rotatable bonds is 4. The molecule has 2 heteroatoms. The van der Waals surface area contributed by atoms with Crippen LogP contribution in [0, 0.1) is 41.5 Å². The molecular weight excluding hydrogens is 713 g/mol. The third-order valence-electron chi connectivity index (χ3n) is 14.5. The van der Waals surface area contributed by atoms with E-state index in [0.29, 0.717) is 0 Å². The second kappa shape index (κ2) is 12.4. The van der Waals surface area contributed by atoms with Crippen LogP contribution in [0.25, 0.3) is 66.3 Å². The quantitative estimate of drug-likeness (QED) is 0.189. The van der Waals surface area contributed by atoms with Crippen molar-refractivity contribution in [1.29, 1.82) is 0 Å². The van der Waals surface area contributed by atoms with Gasteiger partial charge in [0.2, 0.25) is 0 Å². The zero-order valence-electron chi connectivity index (χ0n) is 34.7. The number of aryl methyl sites for hydroxylation is 2. The van der Waals surface area contributed by atoms with E-state index < -0.39 is 0 Å². The molecule has 0 aliphatic heterocycles. The van der Waals surface area contributed by atoms with E-state index in [1.165, 1.54) is 150 Å². The van der Waals surface area contributed by atoms with Crippen LogP contribution in [0.1, 0.15) is 66.8 Å². The van der Waals surface area contributed by atoms with Crippen LogP contribution < -0.4 is 4.90 Å². The third kappa shape index (κ3) is 4.69. The number of anilines is 3. The van der Waals surface area contributed by atoms with Crippen LogP contribution in [0.15, 0.2) is 127 Å². The molecule has 284 valence electrons. The van der Waals surface area contributed by atoms with E-state index >= 15 is 0 Å². The van der Waals surface area contributed by atoms with E-state index in [0.717, 1.165) is 19.3 Å². The Kier molecular flexibility index (Phi) is 7.25. The summed E-state index contributed by atoms with van der Waals surface area (Å²) in [5, 5.41) is 2.55. The highest BCUT2D eigenvalue weighted by Gasteiger charge is 2.37. The Morgan fingerprint density at radius 1 is 0.390 bits per heavy atom. The summed E-state index contributed by atoms with van der Waals surface area (Å²) in [7, 11) is 0. The number of aromatic nitrogens is 1. The molecule has 3 aliphatic carbocycles. The molecule has 3 aliphatic rings. The number of H-pyrrole nitrogens is 1. The number of fused-ring (bicyclic) bond motifs is 12. The summed E-state index contributed by atoms with van der Waals surface area (Å²) < 4.78 is 0. The van der Waals surface area contributed by atoms with Gasteiger partial charge in [0.05, 0.1) is 22.6 Å². The Hall–Kier alpha value is -6.64. The largest absolute Gasteiger partial charge is 0.354 e. The van der Waals surface area contributed by atoms with Gasteiger partial charge >= 0.3 is 0 Å². The fraction of sp³-hybridized carbons (Fsp3) is 0.158. The van der Waals surface area contributed by atoms with Crippen molar-refractivity contribution in [3.8, 4) is 44.5 Å². The maximum absolute atomic E-state index is 3.89. The average Bonchev–Trinajstić information content (AvgIpc) is 4.02. The van der Waals surface area contributed by atoms with Crippen LogP contribution in [0.5, 0.6) is 0 Å². The Morgan fingerprint density at radius 3 is 1.49 bits per heavy atom. The van der Waals surface area contributed by atoms with Crippen LogP contribution in [0.2, 0.25) is 0 Å². The number of hydrogen-bond acceptors (Lipinski definition) is 1. The summed E-state index contributed by atoms with van der Waals surface area (Å²) in [5.41, 5.74) is 33.9. The third-order valence-corrected chi connectivity index (χ3v) is 14.5. The van der Waals surface area contributed by atoms with Crippen LogP contribution in [-0.2, 0) is 19.3 Å². The first-order valence-electron chi connectivity index (χ1n) is 21.3. The molecule has 1 N–H and O–H groups in total. The number of nitrogens with one attached hydrogen (secondary N) is 1. The number of benzene rings is 8. The topological polar surface area (TPSA) is 19.0 Å². The van der Waals surface area contributed by atoms with Gasteiger partial charge in [0.15, 0.2) is 0 Å². The van der Waals surface area contributed by atoms with Crippen LogP contribution in [0.4, 0.5) is 17.1 Å². The molecule has 0 fully saturated rings. The molecule has 0 atom stereocenters. The summed E-state index contributed by atoms with van der Waals surface area (Å²) in [6.07, 6.45) is 2.73. The number of para-hydroxylation sites is 2. The lowest BCUT2D eigenvalue weighted by atomic mass is 9.84. The summed E-state index contributed by atoms with van der Waals surface area (Å²) in [6.45, 7) is 14.2. The lowest BCUT2D eigenvalue weighted by Crippen LogP contribution is -2.21. The minimum Gasteiger partial charge on any atom is -0.354 e. The predicted molar refractivity (Wildman–Crippen MR) is 249 cm³/mol. The molecule has 0 saturated carbocycles. The molecule has 0 spiro atoms. The van der Waals surface area contributed by atoms with Gasteiger partial charge in [-0.3, -0.25) is 0 Å². The second-order valence-corrected chi connectivity index (χ2v) is 17.4. The molecule has 9 aromatic rings. The maximum atomic E-state index is 3.89. The van der Waals surface area contributed by atoms with Gasteiger partial charge in [-0.25, -0.2) is 0 Å². The highest BCUT2D eigenvalue weighted by atomic mass is 15.2. The van der Waals surface area contributed by atoms with Gasteiger partial charge in [-0.05, 0) is 153 Å². The smallest absolute Gasteiger partial charge is 0.0544 e. The molecule has 0 unspecified atom stereocenters. The Balaban J connectivity index is 1.23. The van der Waals surface area contributed by atoms with Crippen LogP contribution in [0.3, 0.4) is 0 Å². The normalized spacial score (nSPS) is 13.1. The molecule has 12 rings (SSSR count). The molecule has 0 amide bonds. The lowest BCUT2D eigenvalue weighted by Gasteiger charge is -2.37. The molecule has 1 aromatic heterocycles. The van der Waals surface area contributed by atoms with Crippen molar-refractivity contribution in [3.63, 3.8) is 0 Å². The van der Waals surface area contributed by atoms with Gasteiger partial charge in [-0.15, -0.1) is 0 Å². The zero-order valence-corrected chi connectivity index (χ0v) is 34.7. The van der Waals surface area contributed by atoms with Gasteiger partial charge in [0, 0.05) is 41.1 Å². The SMILES string of the molecule is Cc1cc2c(c(N(c3c(C)c(C)cc4c3Cc3ccccc3-4)c3c(C)c(C)c(-c4cccc5c4[nH]c4ccccc45)c4c3Cc3ccccc3-4)c1C)Cc1ccccc1-2. The molecule has 0 radical (unpaired) electrons. The average molecular weight is 759 g/mol. The first-order valence-corrected chi connectivity index (χ1v) is 21.3. The highest BCUT2D eigenvalue weighted by molar-refractivity contribution is 6.14. The molecule has 0 saturated heterocycles. The maximum Gasteiger partial charge on any atom is 0.0544 e. The highest BCUT2D eigenvalue weighted by Crippen LogP contribution is 2.58. The van der Waals surface area contributed by atoms with E-state index in [2.05, 4.69) is 179 Å². The predicted octanol–water partition coefficient (Wildman–Crippen LogP) is 15.0. The monoisotopic (exact) mass is 758 g/mol. The van der Waals surface area contributed by atoms with Crippen LogP contribution >= 0.6 is 0 Å². The molecule has 0 bridgehead atoms. The Bertz CT molecular complexity index is 3210. The molecular formula is C57H46N2. The fourth-order valence-electron chi connectivity index (χ4n) is 11.3. The molecule has 59 heavy (non-hydrogen) atoms. The number of aromatic amines is 1. The van der Waals surface area contributed by atoms with E-state index in [9.17, 15) is 0 Å². The van der Waals surface area contributed by atoms with Gasteiger partial charge in [-0.2, -0.15) is 0 Å². The van der Waals surface area contributed by atoms with Crippen molar-refractivity contribution < 1.29 is 0 Å². The molecule has 1 heterocycles. The minimum atomic E-state index is 0.884. The van der Waals surface area contributed by atoms with Crippen molar-refractivity contribution in [2.75, 3.05) is 4.90 Å². The fourth-order valence-corrected chi connectivity index (χ4v) is 11.3. The van der Waals surface area contributed by atoms with Crippen LogP contribution in [-0.4, -0.2) is 4.98 Å². The Labute approximate surface area is 346 Å². The lowest BCUT2D eigenvalue weighted by molar-refractivity contribution is 1.09. The van der Waals surface area contributed by atoms with Crippen molar-refractivity contribution in [2.45, 2.75) is 60.8 Å². The van der Waals surface area contributed by atoms with E-state index in [1.54, 1.807) is 0 Å². The first-order chi connectivity index (χ1) is 28.8. The zero-order chi connectivity index (χ0) is 39.8. The summed E-state index contributed by atoms with van der Waals surface area (Å²) >= 11 is 0. The van der Waals surface area contributed by atoms with Gasteiger partial charge in [0.1, 0.15) is 0 Å².